The molecule has 23 heavy (non-hydrogen) atoms. The predicted molar refractivity (Wildman–Crippen MR) is 89.5 cm³/mol. The van der Waals surface area contributed by atoms with Crippen LogP contribution in [0.3, 0.4) is 0 Å². The van der Waals surface area contributed by atoms with E-state index < -0.39 is 6.10 Å². The standard InChI is InChI=1S/C17H28FN3O2/c1-12(2)7-15(22)10-20-17(23)19-9-13-5-6-14(11-21(3)4)16(18)8-13/h5-6,8,12,15,22H,7,9-11H2,1-4H3,(H2,19,20,23). The van der Waals surface area contributed by atoms with Gasteiger partial charge in [0.15, 0.2) is 0 Å². The van der Waals surface area contributed by atoms with Crippen molar-refractivity contribution < 1.29 is 14.3 Å². The Morgan fingerprint density at radius 2 is 2.00 bits per heavy atom. The zero-order valence-corrected chi connectivity index (χ0v) is 14.4. The molecule has 3 N–H and O–H groups in total. The summed E-state index contributed by atoms with van der Waals surface area (Å²) in [7, 11) is 3.76. The van der Waals surface area contributed by atoms with Gasteiger partial charge in [0.05, 0.1) is 6.10 Å². The van der Waals surface area contributed by atoms with Gasteiger partial charge in [-0.15, -0.1) is 0 Å². The zero-order valence-electron chi connectivity index (χ0n) is 14.4. The average Bonchev–Trinajstić information content (AvgIpc) is 2.44. The number of rotatable bonds is 8. The van der Waals surface area contributed by atoms with Gasteiger partial charge in [-0.3, -0.25) is 0 Å². The molecule has 0 heterocycles. The number of nitrogens with one attached hydrogen (secondary N) is 2. The Kier molecular flexibility index (Phi) is 7.98. The van der Waals surface area contributed by atoms with Crippen LogP contribution in [0.4, 0.5) is 9.18 Å². The maximum absolute atomic E-state index is 13.9. The summed E-state index contributed by atoms with van der Waals surface area (Å²) in [6, 6.07) is 4.60. The highest BCUT2D eigenvalue weighted by Gasteiger charge is 2.09. The molecule has 1 rings (SSSR count). The molecule has 0 bridgehead atoms. The number of hydrogen-bond acceptors (Lipinski definition) is 3. The molecule has 0 saturated carbocycles. The van der Waals surface area contributed by atoms with Gasteiger partial charge in [-0.25, -0.2) is 9.18 Å². The van der Waals surface area contributed by atoms with Crippen LogP contribution >= 0.6 is 0 Å². The predicted octanol–water partition coefficient (Wildman–Crippen LogP) is 2.09. The quantitative estimate of drug-likeness (QED) is 0.686. The summed E-state index contributed by atoms with van der Waals surface area (Å²) in [4.78, 5) is 13.6. The number of benzene rings is 1. The molecule has 0 aromatic heterocycles. The maximum Gasteiger partial charge on any atom is 0.315 e. The summed E-state index contributed by atoms with van der Waals surface area (Å²) < 4.78 is 13.9. The molecule has 6 heteroatoms. The molecular formula is C17H28FN3O2. The molecule has 0 aliphatic rings. The molecule has 1 aromatic rings. The first kappa shape index (κ1) is 19.4. The number of aliphatic hydroxyl groups excluding tert-OH is 1. The van der Waals surface area contributed by atoms with E-state index in [2.05, 4.69) is 10.6 Å². The van der Waals surface area contributed by atoms with E-state index in [9.17, 15) is 14.3 Å². The maximum atomic E-state index is 13.9. The minimum absolute atomic E-state index is 0.208. The molecule has 2 amide bonds. The van der Waals surface area contributed by atoms with Gasteiger partial charge < -0.3 is 20.6 Å². The highest BCUT2D eigenvalue weighted by atomic mass is 19.1. The lowest BCUT2D eigenvalue weighted by molar-refractivity contribution is 0.147. The van der Waals surface area contributed by atoms with Gasteiger partial charge in [-0.05, 0) is 38.1 Å². The molecule has 1 atom stereocenters. The number of carbonyl (C=O) groups is 1. The summed E-state index contributed by atoms with van der Waals surface area (Å²) in [6.45, 7) is 5.01. The van der Waals surface area contributed by atoms with E-state index in [4.69, 9.17) is 0 Å². The van der Waals surface area contributed by atoms with Crippen LogP contribution in [0.1, 0.15) is 31.4 Å². The van der Waals surface area contributed by atoms with Gasteiger partial charge in [0.1, 0.15) is 5.82 Å². The molecule has 0 radical (unpaired) electrons. The van der Waals surface area contributed by atoms with E-state index in [1.807, 2.05) is 32.8 Å². The molecule has 0 aliphatic carbocycles. The minimum Gasteiger partial charge on any atom is -0.391 e. The molecule has 0 aliphatic heterocycles. The Labute approximate surface area is 137 Å². The van der Waals surface area contributed by atoms with E-state index in [-0.39, 0.29) is 24.9 Å². The van der Waals surface area contributed by atoms with Gasteiger partial charge >= 0.3 is 6.03 Å². The van der Waals surface area contributed by atoms with Crippen molar-refractivity contribution in [3.05, 3.63) is 35.1 Å². The summed E-state index contributed by atoms with van der Waals surface area (Å²) >= 11 is 0. The van der Waals surface area contributed by atoms with E-state index in [1.165, 1.54) is 6.07 Å². The molecule has 0 saturated heterocycles. The van der Waals surface area contributed by atoms with Crippen molar-refractivity contribution in [2.45, 2.75) is 39.5 Å². The van der Waals surface area contributed by atoms with Crippen molar-refractivity contribution in [2.24, 2.45) is 5.92 Å². The van der Waals surface area contributed by atoms with Crippen LogP contribution < -0.4 is 10.6 Å². The molecular weight excluding hydrogens is 297 g/mol. The van der Waals surface area contributed by atoms with Crippen LogP contribution in [-0.4, -0.2) is 42.8 Å². The third-order valence-electron chi connectivity index (χ3n) is 3.30. The third-order valence-corrected chi connectivity index (χ3v) is 3.30. The Bertz CT molecular complexity index is 507. The van der Waals surface area contributed by atoms with Gasteiger partial charge in [0.25, 0.3) is 0 Å². The topological polar surface area (TPSA) is 64.6 Å². The van der Waals surface area contributed by atoms with E-state index >= 15 is 0 Å². The Balaban J connectivity index is 2.40. The first-order chi connectivity index (χ1) is 10.8. The number of amides is 2. The summed E-state index contributed by atoms with van der Waals surface area (Å²) in [5.74, 6) is 0.101. The van der Waals surface area contributed by atoms with E-state index in [0.717, 1.165) is 0 Å². The second kappa shape index (κ2) is 9.47. The largest absolute Gasteiger partial charge is 0.391 e. The molecule has 1 unspecified atom stereocenters. The number of aliphatic hydroxyl groups is 1. The molecule has 130 valence electrons. The van der Waals surface area contributed by atoms with E-state index in [1.54, 1.807) is 12.1 Å². The average molecular weight is 325 g/mol. The number of nitrogens with zero attached hydrogens (tertiary/aromatic N) is 1. The zero-order chi connectivity index (χ0) is 17.4. The molecule has 0 fully saturated rings. The van der Waals surface area contributed by atoms with Gasteiger partial charge in [0.2, 0.25) is 0 Å². The molecule has 5 nitrogen and oxygen atoms in total. The number of hydrogen-bond donors (Lipinski definition) is 3. The van der Waals surface area contributed by atoms with Crippen LogP contribution in [-0.2, 0) is 13.1 Å². The Morgan fingerprint density at radius 1 is 1.30 bits per heavy atom. The first-order valence-electron chi connectivity index (χ1n) is 7.89. The number of urea groups is 1. The third kappa shape index (κ3) is 7.95. The number of carbonyl (C=O) groups excluding carboxylic acids is 1. The number of halogens is 1. The van der Waals surface area contributed by atoms with Crippen LogP contribution in [0, 0.1) is 11.7 Å². The fourth-order valence-electron chi connectivity index (χ4n) is 2.25. The lowest BCUT2D eigenvalue weighted by Gasteiger charge is -2.15. The Hall–Kier alpha value is -1.66. The summed E-state index contributed by atoms with van der Waals surface area (Å²) in [6.07, 6.45) is 0.0854. The monoisotopic (exact) mass is 325 g/mol. The lowest BCUT2D eigenvalue weighted by Crippen LogP contribution is -2.39. The summed E-state index contributed by atoms with van der Waals surface area (Å²) in [5, 5.41) is 15.0. The highest BCUT2D eigenvalue weighted by Crippen LogP contribution is 2.12. The second-order valence-corrected chi connectivity index (χ2v) is 6.51. The van der Waals surface area contributed by atoms with Crippen molar-refractivity contribution in [3.63, 3.8) is 0 Å². The first-order valence-corrected chi connectivity index (χ1v) is 7.89. The molecule has 1 aromatic carbocycles. The minimum atomic E-state index is -0.552. The van der Waals surface area contributed by atoms with Crippen molar-refractivity contribution >= 4 is 6.03 Å². The smallest absolute Gasteiger partial charge is 0.315 e. The second-order valence-electron chi connectivity index (χ2n) is 6.51. The lowest BCUT2D eigenvalue weighted by atomic mass is 10.1. The SMILES string of the molecule is CC(C)CC(O)CNC(=O)NCc1ccc(CN(C)C)c(F)c1. The fraction of sp³-hybridized carbons (Fsp3) is 0.588. The highest BCUT2D eigenvalue weighted by molar-refractivity contribution is 5.73. The van der Waals surface area contributed by atoms with Crippen LogP contribution in [0.2, 0.25) is 0 Å². The fourth-order valence-corrected chi connectivity index (χ4v) is 2.25. The van der Waals surface area contributed by atoms with Crippen molar-refractivity contribution in [1.82, 2.24) is 15.5 Å². The van der Waals surface area contributed by atoms with Crippen molar-refractivity contribution in [2.75, 3.05) is 20.6 Å². The van der Waals surface area contributed by atoms with Crippen LogP contribution in [0.15, 0.2) is 18.2 Å². The molecule has 0 spiro atoms. The van der Waals surface area contributed by atoms with Crippen molar-refractivity contribution in [3.8, 4) is 0 Å². The van der Waals surface area contributed by atoms with Crippen LogP contribution in [0.25, 0.3) is 0 Å². The van der Waals surface area contributed by atoms with Gasteiger partial charge in [-0.1, -0.05) is 26.0 Å². The van der Waals surface area contributed by atoms with E-state index in [0.29, 0.717) is 30.0 Å². The normalized spacial score (nSPS) is 12.5. The summed E-state index contributed by atoms with van der Waals surface area (Å²) in [5.41, 5.74) is 1.32. The van der Waals surface area contributed by atoms with Crippen LogP contribution in [0.5, 0.6) is 0 Å². The van der Waals surface area contributed by atoms with Gasteiger partial charge in [-0.2, -0.15) is 0 Å². The Morgan fingerprint density at radius 3 is 2.57 bits per heavy atom. The van der Waals surface area contributed by atoms with Crippen molar-refractivity contribution in [1.29, 1.82) is 0 Å². The van der Waals surface area contributed by atoms with Gasteiger partial charge in [0, 0.05) is 25.2 Å².